The van der Waals surface area contributed by atoms with E-state index in [1.807, 2.05) is 37.3 Å². The molecule has 2 aromatic rings. The van der Waals surface area contributed by atoms with Crippen LogP contribution in [0.15, 0.2) is 42.5 Å². The normalized spacial score (nSPS) is 12.4. The van der Waals surface area contributed by atoms with Crippen LogP contribution >= 0.6 is 11.6 Å². The van der Waals surface area contributed by atoms with Gasteiger partial charge in [-0.2, -0.15) is 0 Å². The summed E-state index contributed by atoms with van der Waals surface area (Å²) in [5.74, 6) is 0. The van der Waals surface area contributed by atoms with Crippen molar-refractivity contribution in [3.05, 3.63) is 69.7 Å². The largest absolute Gasteiger partial charge is 0.388 e. The van der Waals surface area contributed by atoms with E-state index in [1.165, 1.54) is 5.56 Å². The van der Waals surface area contributed by atoms with Crippen molar-refractivity contribution < 1.29 is 5.11 Å². The first-order chi connectivity index (χ1) is 8.56. The van der Waals surface area contributed by atoms with Gasteiger partial charge in [0.25, 0.3) is 0 Å². The van der Waals surface area contributed by atoms with Gasteiger partial charge in [0.2, 0.25) is 0 Å². The Labute approximate surface area is 113 Å². The number of hydrogen-bond donors (Lipinski definition) is 1. The molecule has 0 radical (unpaired) electrons. The summed E-state index contributed by atoms with van der Waals surface area (Å²) in [6, 6.07) is 13.9. The van der Waals surface area contributed by atoms with Gasteiger partial charge in [-0.05, 0) is 36.6 Å². The SMILES string of the molecule is Cc1cccc(CC(O)c2ccc(Cl)c(C)c2)c1. The van der Waals surface area contributed by atoms with E-state index in [4.69, 9.17) is 11.6 Å². The van der Waals surface area contributed by atoms with Crippen LogP contribution in [0.25, 0.3) is 0 Å². The fraction of sp³-hybridized carbons (Fsp3) is 0.250. The average Bonchev–Trinajstić information content (AvgIpc) is 2.32. The average molecular weight is 261 g/mol. The van der Waals surface area contributed by atoms with Gasteiger partial charge < -0.3 is 5.11 Å². The molecule has 0 aliphatic heterocycles. The second kappa shape index (κ2) is 5.55. The number of halogens is 1. The third kappa shape index (κ3) is 3.12. The Kier molecular flexibility index (Phi) is 4.05. The molecule has 0 saturated carbocycles. The van der Waals surface area contributed by atoms with Crippen molar-refractivity contribution in [3.63, 3.8) is 0 Å². The van der Waals surface area contributed by atoms with Gasteiger partial charge in [-0.15, -0.1) is 0 Å². The van der Waals surface area contributed by atoms with Crippen LogP contribution in [0.4, 0.5) is 0 Å². The number of rotatable bonds is 3. The van der Waals surface area contributed by atoms with E-state index >= 15 is 0 Å². The molecule has 94 valence electrons. The second-order valence-electron chi connectivity index (χ2n) is 4.72. The molecule has 2 rings (SSSR count). The zero-order valence-corrected chi connectivity index (χ0v) is 11.4. The van der Waals surface area contributed by atoms with Crippen molar-refractivity contribution in [1.82, 2.24) is 0 Å². The van der Waals surface area contributed by atoms with Gasteiger partial charge >= 0.3 is 0 Å². The highest BCUT2D eigenvalue weighted by Gasteiger charge is 2.09. The van der Waals surface area contributed by atoms with Crippen molar-refractivity contribution in [3.8, 4) is 0 Å². The van der Waals surface area contributed by atoms with Crippen molar-refractivity contribution in [2.45, 2.75) is 26.4 Å². The van der Waals surface area contributed by atoms with Crippen molar-refractivity contribution >= 4 is 11.6 Å². The minimum absolute atomic E-state index is 0.484. The molecule has 1 nitrogen and oxygen atoms in total. The lowest BCUT2D eigenvalue weighted by atomic mass is 9.99. The first-order valence-corrected chi connectivity index (χ1v) is 6.44. The summed E-state index contributed by atoms with van der Waals surface area (Å²) >= 11 is 5.98. The van der Waals surface area contributed by atoms with Crippen LogP contribution in [0.3, 0.4) is 0 Å². The summed E-state index contributed by atoms with van der Waals surface area (Å²) in [5.41, 5.74) is 4.28. The van der Waals surface area contributed by atoms with E-state index in [1.54, 1.807) is 0 Å². The molecule has 0 aromatic heterocycles. The summed E-state index contributed by atoms with van der Waals surface area (Å²) in [7, 11) is 0. The highest BCUT2D eigenvalue weighted by molar-refractivity contribution is 6.31. The predicted octanol–water partition coefficient (Wildman–Crippen LogP) is 4.23. The van der Waals surface area contributed by atoms with Crippen LogP contribution in [-0.4, -0.2) is 5.11 Å². The predicted molar refractivity (Wildman–Crippen MR) is 76.0 cm³/mol. The summed E-state index contributed by atoms with van der Waals surface area (Å²) in [6.07, 6.45) is 0.144. The van der Waals surface area contributed by atoms with Crippen LogP contribution in [0.5, 0.6) is 0 Å². The van der Waals surface area contributed by atoms with Gasteiger partial charge in [0, 0.05) is 11.4 Å². The molecule has 0 amide bonds. The zero-order chi connectivity index (χ0) is 13.1. The van der Waals surface area contributed by atoms with Crippen molar-refractivity contribution in [2.75, 3.05) is 0 Å². The molecule has 0 spiro atoms. The monoisotopic (exact) mass is 260 g/mol. The van der Waals surface area contributed by atoms with Crippen LogP contribution in [0.2, 0.25) is 5.02 Å². The number of benzene rings is 2. The van der Waals surface area contributed by atoms with Crippen molar-refractivity contribution in [2.24, 2.45) is 0 Å². The molecule has 0 aliphatic carbocycles. The van der Waals surface area contributed by atoms with E-state index in [0.717, 1.165) is 21.7 Å². The molecule has 2 aromatic carbocycles. The summed E-state index contributed by atoms with van der Waals surface area (Å²) in [5, 5.41) is 11.0. The molecular weight excluding hydrogens is 244 g/mol. The lowest BCUT2D eigenvalue weighted by Crippen LogP contribution is -2.02. The molecule has 0 heterocycles. The zero-order valence-electron chi connectivity index (χ0n) is 10.7. The first kappa shape index (κ1) is 13.1. The Morgan fingerprint density at radius 2 is 1.89 bits per heavy atom. The number of hydrogen-bond acceptors (Lipinski definition) is 1. The fourth-order valence-corrected chi connectivity index (χ4v) is 2.17. The number of aliphatic hydroxyl groups excluding tert-OH is 1. The maximum absolute atomic E-state index is 10.2. The Bertz CT molecular complexity index is 549. The number of aliphatic hydroxyl groups is 1. The maximum Gasteiger partial charge on any atom is 0.0830 e. The molecule has 1 atom stereocenters. The van der Waals surface area contributed by atoms with Crippen LogP contribution < -0.4 is 0 Å². The molecule has 18 heavy (non-hydrogen) atoms. The topological polar surface area (TPSA) is 20.2 Å². The molecular formula is C16H17ClO. The van der Waals surface area contributed by atoms with E-state index < -0.39 is 6.10 Å². The minimum Gasteiger partial charge on any atom is -0.388 e. The van der Waals surface area contributed by atoms with Crippen LogP contribution in [0.1, 0.15) is 28.4 Å². The third-order valence-electron chi connectivity index (χ3n) is 3.08. The quantitative estimate of drug-likeness (QED) is 0.876. The maximum atomic E-state index is 10.2. The lowest BCUT2D eigenvalue weighted by Gasteiger charge is -2.12. The fourth-order valence-electron chi connectivity index (χ4n) is 2.06. The van der Waals surface area contributed by atoms with E-state index in [9.17, 15) is 5.11 Å². The number of aryl methyl sites for hydroxylation is 2. The van der Waals surface area contributed by atoms with Crippen LogP contribution in [0, 0.1) is 13.8 Å². The first-order valence-electron chi connectivity index (χ1n) is 6.06. The van der Waals surface area contributed by atoms with Gasteiger partial charge in [0.05, 0.1) is 6.10 Å². The van der Waals surface area contributed by atoms with E-state index in [-0.39, 0.29) is 0 Å². The smallest absolute Gasteiger partial charge is 0.0830 e. The lowest BCUT2D eigenvalue weighted by molar-refractivity contribution is 0.178. The standard InChI is InChI=1S/C16H17ClO/c1-11-4-3-5-13(8-11)10-16(18)14-6-7-15(17)12(2)9-14/h3-9,16,18H,10H2,1-2H3. The Balaban J connectivity index is 2.16. The minimum atomic E-state index is -0.484. The molecule has 0 bridgehead atoms. The summed E-state index contributed by atoms with van der Waals surface area (Å²) in [4.78, 5) is 0. The Morgan fingerprint density at radius 3 is 2.56 bits per heavy atom. The molecule has 0 saturated heterocycles. The highest BCUT2D eigenvalue weighted by atomic mass is 35.5. The third-order valence-corrected chi connectivity index (χ3v) is 3.50. The van der Waals surface area contributed by atoms with Crippen molar-refractivity contribution in [1.29, 1.82) is 0 Å². The molecule has 2 heteroatoms. The molecule has 0 aliphatic rings. The van der Waals surface area contributed by atoms with Gasteiger partial charge in [0.1, 0.15) is 0 Å². The van der Waals surface area contributed by atoms with E-state index in [0.29, 0.717) is 6.42 Å². The highest BCUT2D eigenvalue weighted by Crippen LogP contribution is 2.23. The van der Waals surface area contributed by atoms with Gasteiger partial charge in [-0.3, -0.25) is 0 Å². The summed E-state index contributed by atoms with van der Waals surface area (Å²) < 4.78 is 0. The molecule has 1 unspecified atom stereocenters. The van der Waals surface area contributed by atoms with Gasteiger partial charge in [0.15, 0.2) is 0 Å². The Hall–Kier alpha value is -1.31. The van der Waals surface area contributed by atoms with Gasteiger partial charge in [-0.25, -0.2) is 0 Å². The molecule has 0 fully saturated rings. The second-order valence-corrected chi connectivity index (χ2v) is 5.12. The van der Waals surface area contributed by atoms with E-state index in [2.05, 4.69) is 19.1 Å². The Morgan fingerprint density at radius 1 is 1.11 bits per heavy atom. The molecule has 1 N–H and O–H groups in total. The summed E-state index contributed by atoms with van der Waals surface area (Å²) in [6.45, 7) is 4.01. The van der Waals surface area contributed by atoms with Gasteiger partial charge in [-0.1, -0.05) is 53.6 Å². The van der Waals surface area contributed by atoms with Crippen LogP contribution in [-0.2, 0) is 6.42 Å².